The van der Waals surface area contributed by atoms with Crippen molar-refractivity contribution < 1.29 is 17.9 Å². The summed E-state index contributed by atoms with van der Waals surface area (Å²) in [6.07, 6.45) is 3.16. The summed E-state index contributed by atoms with van der Waals surface area (Å²) in [5, 5.41) is 4.07. The summed E-state index contributed by atoms with van der Waals surface area (Å²) in [4.78, 5) is 18.4. The Kier molecular flexibility index (Phi) is 4.94. The van der Waals surface area contributed by atoms with Crippen molar-refractivity contribution in [2.45, 2.75) is 11.4 Å². The molecule has 2 aliphatic heterocycles. The summed E-state index contributed by atoms with van der Waals surface area (Å²) in [5.41, 5.74) is 0.495. The number of ether oxygens (including phenoxy) is 1. The average molecular weight is 391 g/mol. The van der Waals surface area contributed by atoms with Crippen LogP contribution in [-0.4, -0.2) is 77.7 Å². The zero-order chi connectivity index (χ0) is 18.9. The minimum atomic E-state index is -3.54. The van der Waals surface area contributed by atoms with E-state index in [0.29, 0.717) is 50.9 Å². The van der Waals surface area contributed by atoms with Crippen molar-refractivity contribution in [1.29, 1.82) is 0 Å². The predicted molar refractivity (Wildman–Crippen MR) is 95.4 cm³/mol. The maximum Gasteiger partial charge on any atom is 0.253 e. The first-order valence-electron chi connectivity index (χ1n) is 8.84. The van der Waals surface area contributed by atoms with Gasteiger partial charge in [0.2, 0.25) is 10.0 Å². The minimum Gasteiger partial charge on any atom is -0.379 e. The van der Waals surface area contributed by atoms with Crippen molar-refractivity contribution in [1.82, 2.24) is 24.0 Å². The van der Waals surface area contributed by atoms with Crippen molar-refractivity contribution >= 4 is 15.9 Å². The van der Waals surface area contributed by atoms with E-state index in [1.165, 1.54) is 22.8 Å². The SMILES string of the molecule is O=C(c1ccc(S(=O)(=O)N2CCOCC2)cc1)N1CC(Cn2cncn2)C1. The Morgan fingerprint density at radius 3 is 2.48 bits per heavy atom. The predicted octanol–water partition coefficient (Wildman–Crippen LogP) is 0.0712. The molecule has 0 radical (unpaired) electrons. The lowest BCUT2D eigenvalue weighted by atomic mass is 9.99. The van der Waals surface area contributed by atoms with Gasteiger partial charge in [-0.15, -0.1) is 0 Å². The van der Waals surface area contributed by atoms with E-state index < -0.39 is 10.0 Å². The van der Waals surface area contributed by atoms with E-state index in [9.17, 15) is 13.2 Å². The topological polar surface area (TPSA) is 97.6 Å². The van der Waals surface area contributed by atoms with Crippen LogP contribution in [0.3, 0.4) is 0 Å². The Morgan fingerprint density at radius 1 is 1.15 bits per heavy atom. The summed E-state index contributed by atoms with van der Waals surface area (Å²) in [7, 11) is -3.54. The Bertz CT molecular complexity index is 886. The van der Waals surface area contributed by atoms with E-state index in [2.05, 4.69) is 10.1 Å². The second-order valence-corrected chi connectivity index (χ2v) is 8.67. The number of nitrogens with zero attached hydrogens (tertiary/aromatic N) is 5. The lowest BCUT2D eigenvalue weighted by Gasteiger charge is -2.39. The molecule has 4 rings (SSSR count). The molecule has 0 aliphatic carbocycles. The number of hydrogen-bond donors (Lipinski definition) is 0. The van der Waals surface area contributed by atoms with Crippen LogP contribution in [0.25, 0.3) is 0 Å². The van der Waals surface area contributed by atoms with Gasteiger partial charge in [-0.1, -0.05) is 0 Å². The van der Waals surface area contributed by atoms with Crippen LogP contribution in [0.5, 0.6) is 0 Å². The van der Waals surface area contributed by atoms with Crippen LogP contribution in [0.2, 0.25) is 0 Å². The van der Waals surface area contributed by atoms with E-state index >= 15 is 0 Å². The highest BCUT2D eigenvalue weighted by Crippen LogP contribution is 2.22. The van der Waals surface area contributed by atoms with Crippen LogP contribution in [-0.2, 0) is 21.3 Å². The molecule has 0 N–H and O–H groups in total. The quantitative estimate of drug-likeness (QED) is 0.716. The lowest BCUT2D eigenvalue weighted by molar-refractivity contribution is 0.0461. The van der Waals surface area contributed by atoms with E-state index in [-0.39, 0.29) is 10.8 Å². The highest BCUT2D eigenvalue weighted by Gasteiger charge is 2.32. The summed E-state index contributed by atoms with van der Waals surface area (Å²) >= 11 is 0. The minimum absolute atomic E-state index is 0.0832. The molecule has 1 aromatic heterocycles. The van der Waals surface area contributed by atoms with Crippen LogP contribution in [0.15, 0.2) is 41.8 Å². The number of carbonyl (C=O) groups is 1. The zero-order valence-electron chi connectivity index (χ0n) is 14.8. The number of hydrogen-bond acceptors (Lipinski definition) is 6. The van der Waals surface area contributed by atoms with Gasteiger partial charge >= 0.3 is 0 Å². The Morgan fingerprint density at radius 2 is 1.85 bits per heavy atom. The van der Waals surface area contributed by atoms with Crippen LogP contribution in [0.1, 0.15) is 10.4 Å². The second kappa shape index (κ2) is 7.37. The van der Waals surface area contributed by atoms with Crippen molar-refractivity contribution in [3.05, 3.63) is 42.5 Å². The highest BCUT2D eigenvalue weighted by atomic mass is 32.2. The molecule has 144 valence electrons. The van der Waals surface area contributed by atoms with Crippen LogP contribution < -0.4 is 0 Å². The van der Waals surface area contributed by atoms with Crippen molar-refractivity contribution in [3.63, 3.8) is 0 Å². The number of amides is 1. The van der Waals surface area contributed by atoms with Gasteiger partial charge in [-0.3, -0.25) is 9.48 Å². The molecule has 2 fully saturated rings. The number of morpholine rings is 1. The van der Waals surface area contributed by atoms with Crippen LogP contribution in [0.4, 0.5) is 0 Å². The first-order valence-corrected chi connectivity index (χ1v) is 10.3. The first-order chi connectivity index (χ1) is 13.0. The molecule has 27 heavy (non-hydrogen) atoms. The number of sulfonamides is 1. The molecule has 9 nitrogen and oxygen atoms in total. The fraction of sp³-hybridized carbons (Fsp3) is 0.471. The van der Waals surface area contributed by atoms with Gasteiger partial charge < -0.3 is 9.64 Å². The summed E-state index contributed by atoms with van der Waals surface area (Å²) in [6.45, 7) is 3.56. The standard InChI is InChI=1S/C17H21N5O4S/c23-17(20-9-14(10-20)11-21-13-18-12-19-21)15-1-3-16(4-2-15)27(24,25)22-5-7-26-8-6-22/h1-4,12-14H,5-11H2. The summed E-state index contributed by atoms with van der Waals surface area (Å²) in [5.74, 6) is 0.275. The monoisotopic (exact) mass is 391 g/mol. The van der Waals surface area contributed by atoms with Gasteiger partial charge in [-0.25, -0.2) is 13.4 Å². The highest BCUT2D eigenvalue weighted by molar-refractivity contribution is 7.89. The first kappa shape index (κ1) is 18.1. The molecule has 0 unspecified atom stereocenters. The van der Waals surface area contributed by atoms with Crippen molar-refractivity contribution in [3.8, 4) is 0 Å². The van der Waals surface area contributed by atoms with Gasteiger partial charge in [0.1, 0.15) is 12.7 Å². The van der Waals surface area contributed by atoms with Crippen LogP contribution >= 0.6 is 0 Å². The molecule has 0 saturated carbocycles. The molecule has 0 spiro atoms. The maximum atomic E-state index is 12.6. The number of carbonyl (C=O) groups excluding carboxylic acids is 1. The Labute approximate surface area is 157 Å². The lowest BCUT2D eigenvalue weighted by Crippen LogP contribution is -2.51. The third-order valence-electron chi connectivity index (χ3n) is 4.87. The third-order valence-corrected chi connectivity index (χ3v) is 6.78. The van der Waals surface area contributed by atoms with E-state index in [4.69, 9.17) is 4.74 Å². The molecular formula is C17H21N5O4S. The molecule has 10 heteroatoms. The molecule has 1 amide bonds. The van der Waals surface area contributed by atoms with Gasteiger partial charge in [0.15, 0.2) is 0 Å². The number of likely N-dealkylation sites (tertiary alicyclic amines) is 1. The van der Waals surface area contributed by atoms with Gasteiger partial charge in [-0.2, -0.15) is 9.40 Å². The van der Waals surface area contributed by atoms with Crippen molar-refractivity contribution in [2.75, 3.05) is 39.4 Å². The summed E-state index contributed by atoms with van der Waals surface area (Å²) < 4.78 is 33.6. The molecule has 1 aromatic carbocycles. The number of benzene rings is 1. The zero-order valence-corrected chi connectivity index (χ0v) is 15.6. The van der Waals surface area contributed by atoms with Gasteiger partial charge in [0, 0.05) is 44.2 Å². The average Bonchev–Trinajstić information content (AvgIpc) is 3.18. The molecular weight excluding hydrogens is 370 g/mol. The molecule has 2 aromatic rings. The van der Waals surface area contributed by atoms with Crippen molar-refractivity contribution in [2.24, 2.45) is 5.92 Å². The number of rotatable bonds is 5. The molecule has 0 bridgehead atoms. The largest absolute Gasteiger partial charge is 0.379 e. The fourth-order valence-electron chi connectivity index (χ4n) is 3.33. The second-order valence-electron chi connectivity index (χ2n) is 6.73. The Balaban J connectivity index is 1.37. The van der Waals surface area contributed by atoms with Gasteiger partial charge in [-0.05, 0) is 24.3 Å². The van der Waals surface area contributed by atoms with E-state index in [0.717, 1.165) is 6.54 Å². The molecule has 3 heterocycles. The summed E-state index contributed by atoms with van der Waals surface area (Å²) in [6, 6.07) is 6.18. The maximum absolute atomic E-state index is 12.6. The number of aromatic nitrogens is 3. The molecule has 2 saturated heterocycles. The van der Waals surface area contributed by atoms with E-state index in [1.807, 2.05) is 0 Å². The van der Waals surface area contributed by atoms with E-state index in [1.54, 1.807) is 28.0 Å². The Hall–Kier alpha value is -2.30. The third kappa shape index (κ3) is 3.73. The smallest absolute Gasteiger partial charge is 0.253 e. The molecule has 2 aliphatic rings. The fourth-order valence-corrected chi connectivity index (χ4v) is 4.74. The normalized spacial score (nSPS) is 19.0. The molecule has 0 atom stereocenters. The van der Waals surface area contributed by atoms with Gasteiger partial charge in [0.05, 0.1) is 18.1 Å². The van der Waals surface area contributed by atoms with Crippen LogP contribution in [0, 0.1) is 5.92 Å². The van der Waals surface area contributed by atoms with Gasteiger partial charge in [0.25, 0.3) is 5.91 Å².